The average molecular weight is 292 g/mol. The number of rotatable bonds is 7. The number of nitrogens with one attached hydrogen (secondary N) is 1. The highest BCUT2D eigenvalue weighted by Gasteiger charge is 2.21. The summed E-state index contributed by atoms with van der Waals surface area (Å²) in [6.45, 7) is 0.636. The Morgan fingerprint density at radius 2 is 1.90 bits per heavy atom. The summed E-state index contributed by atoms with van der Waals surface area (Å²) in [6.07, 6.45) is 3.47. The second kappa shape index (κ2) is 7.08. The van der Waals surface area contributed by atoms with Crippen LogP contribution in [0, 0.1) is 5.92 Å². The van der Waals surface area contributed by atoms with Gasteiger partial charge in [-0.1, -0.05) is 12.8 Å². The van der Waals surface area contributed by atoms with Crippen LogP contribution in [0.1, 0.15) is 29.6 Å². The topological polar surface area (TPSA) is 89.9 Å². The molecule has 1 fully saturated rings. The maximum Gasteiger partial charge on any atom is 0.335 e. The molecule has 1 saturated carbocycles. The van der Waals surface area contributed by atoms with Gasteiger partial charge in [0, 0.05) is 12.2 Å². The van der Waals surface area contributed by atoms with Crippen LogP contribution in [-0.2, 0) is 0 Å². The number of aliphatic hydroxyl groups excluding tert-OH is 1. The van der Waals surface area contributed by atoms with Gasteiger partial charge in [-0.05, 0) is 36.6 Å². The third-order valence-corrected chi connectivity index (χ3v) is 3.52. The molecule has 0 heterocycles. The smallest absolute Gasteiger partial charge is 0.335 e. The van der Waals surface area contributed by atoms with E-state index in [1.165, 1.54) is 29.9 Å². The van der Waals surface area contributed by atoms with Crippen molar-refractivity contribution < 1.29 is 19.8 Å². The molecule has 1 aliphatic rings. The lowest BCUT2D eigenvalue weighted by atomic mass is 10.2. The van der Waals surface area contributed by atoms with E-state index in [1.807, 2.05) is 0 Å². The first-order valence-electron chi connectivity index (χ1n) is 7.11. The maximum absolute atomic E-state index is 12.1. The number of carboxylic acid groups (broad SMARTS) is 1. The third-order valence-electron chi connectivity index (χ3n) is 3.52. The molecule has 0 aromatic heterocycles. The van der Waals surface area contributed by atoms with Gasteiger partial charge in [0.25, 0.3) is 0 Å². The van der Waals surface area contributed by atoms with E-state index >= 15 is 0 Å². The Labute approximate surface area is 123 Å². The van der Waals surface area contributed by atoms with Crippen molar-refractivity contribution in [3.63, 3.8) is 0 Å². The van der Waals surface area contributed by atoms with Crippen molar-refractivity contribution in [2.24, 2.45) is 5.92 Å². The Bertz CT molecular complexity index is 497. The monoisotopic (exact) mass is 292 g/mol. The van der Waals surface area contributed by atoms with Gasteiger partial charge in [-0.15, -0.1) is 0 Å². The van der Waals surface area contributed by atoms with E-state index in [0.29, 0.717) is 12.2 Å². The van der Waals surface area contributed by atoms with E-state index in [2.05, 4.69) is 5.32 Å². The van der Waals surface area contributed by atoms with Crippen LogP contribution in [0.3, 0.4) is 0 Å². The van der Waals surface area contributed by atoms with E-state index in [0.717, 1.165) is 12.3 Å². The first-order valence-corrected chi connectivity index (χ1v) is 7.11. The summed E-state index contributed by atoms with van der Waals surface area (Å²) in [5.41, 5.74) is 0.731. The fourth-order valence-corrected chi connectivity index (χ4v) is 2.12. The van der Waals surface area contributed by atoms with Crippen molar-refractivity contribution in [3.05, 3.63) is 29.8 Å². The zero-order chi connectivity index (χ0) is 15.2. The Morgan fingerprint density at radius 3 is 2.43 bits per heavy atom. The minimum Gasteiger partial charge on any atom is -0.478 e. The predicted molar refractivity (Wildman–Crippen MR) is 78.6 cm³/mol. The van der Waals surface area contributed by atoms with E-state index in [4.69, 9.17) is 10.2 Å². The van der Waals surface area contributed by atoms with Crippen LogP contribution in [0.25, 0.3) is 0 Å². The van der Waals surface area contributed by atoms with Gasteiger partial charge in [0.2, 0.25) is 0 Å². The molecule has 6 heteroatoms. The van der Waals surface area contributed by atoms with Crippen LogP contribution in [0.15, 0.2) is 24.3 Å². The molecule has 0 aliphatic heterocycles. The number of hydrogen-bond donors (Lipinski definition) is 3. The van der Waals surface area contributed by atoms with Gasteiger partial charge in [-0.2, -0.15) is 0 Å². The van der Waals surface area contributed by atoms with Crippen molar-refractivity contribution in [2.75, 3.05) is 24.6 Å². The molecule has 1 aromatic carbocycles. The van der Waals surface area contributed by atoms with Gasteiger partial charge < -0.3 is 15.5 Å². The number of amides is 2. The maximum atomic E-state index is 12.1. The number of anilines is 1. The Hall–Kier alpha value is -2.08. The fourth-order valence-electron chi connectivity index (χ4n) is 2.12. The zero-order valence-corrected chi connectivity index (χ0v) is 11.8. The number of hydrogen-bond acceptors (Lipinski definition) is 3. The van der Waals surface area contributed by atoms with Crippen LogP contribution >= 0.6 is 0 Å². The van der Waals surface area contributed by atoms with E-state index < -0.39 is 5.97 Å². The summed E-state index contributed by atoms with van der Waals surface area (Å²) in [4.78, 5) is 24.4. The van der Waals surface area contributed by atoms with E-state index in [-0.39, 0.29) is 24.7 Å². The standard InChI is InChI=1S/C15H20N2O4/c18-10-9-17(15(21)16-8-7-11-1-2-11)13-5-3-12(4-6-13)14(19)20/h3-6,11,18H,1-2,7-10H2,(H,16,21)(H,19,20). The highest BCUT2D eigenvalue weighted by molar-refractivity contribution is 5.93. The summed E-state index contributed by atoms with van der Waals surface area (Å²) >= 11 is 0. The highest BCUT2D eigenvalue weighted by atomic mass is 16.4. The van der Waals surface area contributed by atoms with Crippen molar-refractivity contribution in [1.29, 1.82) is 0 Å². The minimum atomic E-state index is -1.01. The second-order valence-electron chi connectivity index (χ2n) is 5.19. The largest absolute Gasteiger partial charge is 0.478 e. The Kier molecular flexibility index (Phi) is 5.16. The SMILES string of the molecule is O=C(O)c1ccc(N(CCO)C(=O)NCCC2CC2)cc1. The van der Waals surface area contributed by atoms with Crippen molar-refractivity contribution >= 4 is 17.7 Å². The summed E-state index contributed by atoms with van der Waals surface area (Å²) < 4.78 is 0. The van der Waals surface area contributed by atoms with Gasteiger partial charge in [0.1, 0.15) is 0 Å². The molecule has 1 aliphatic carbocycles. The number of aromatic carboxylic acids is 1. The minimum absolute atomic E-state index is 0.156. The molecule has 3 N–H and O–H groups in total. The lowest BCUT2D eigenvalue weighted by Gasteiger charge is -2.22. The lowest BCUT2D eigenvalue weighted by Crippen LogP contribution is -2.42. The fraction of sp³-hybridized carbons (Fsp3) is 0.467. The van der Waals surface area contributed by atoms with Crippen LogP contribution in [-0.4, -0.2) is 41.9 Å². The second-order valence-corrected chi connectivity index (χ2v) is 5.19. The van der Waals surface area contributed by atoms with Crippen molar-refractivity contribution in [3.8, 4) is 0 Å². The summed E-state index contributed by atoms with van der Waals surface area (Å²) in [7, 11) is 0. The first kappa shape index (κ1) is 15.3. The molecular weight excluding hydrogens is 272 g/mol. The van der Waals surface area contributed by atoms with E-state index in [1.54, 1.807) is 12.1 Å². The number of benzene rings is 1. The molecule has 21 heavy (non-hydrogen) atoms. The van der Waals surface area contributed by atoms with Gasteiger partial charge in [-0.25, -0.2) is 9.59 Å². The molecule has 0 saturated heterocycles. The molecule has 0 atom stereocenters. The molecule has 0 spiro atoms. The molecule has 0 bridgehead atoms. The highest BCUT2D eigenvalue weighted by Crippen LogP contribution is 2.31. The zero-order valence-electron chi connectivity index (χ0n) is 11.8. The lowest BCUT2D eigenvalue weighted by molar-refractivity contribution is 0.0697. The average Bonchev–Trinajstić information content (AvgIpc) is 3.29. The molecule has 0 unspecified atom stereocenters. The third kappa shape index (κ3) is 4.46. The summed E-state index contributed by atoms with van der Waals surface area (Å²) in [6, 6.07) is 5.76. The van der Waals surface area contributed by atoms with Crippen LogP contribution in [0.5, 0.6) is 0 Å². The van der Waals surface area contributed by atoms with Gasteiger partial charge in [0.05, 0.1) is 18.7 Å². The first-order chi connectivity index (χ1) is 10.1. The molecule has 114 valence electrons. The molecule has 1 aromatic rings. The molecular formula is C15H20N2O4. The van der Waals surface area contributed by atoms with Gasteiger partial charge >= 0.3 is 12.0 Å². The normalized spacial score (nSPS) is 13.8. The molecule has 2 amide bonds. The van der Waals surface area contributed by atoms with Gasteiger partial charge in [0.15, 0.2) is 0 Å². The number of urea groups is 1. The number of aliphatic hydroxyl groups is 1. The molecule has 2 rings (SSSR count). The van der Waals surface area contributed by atoms with Crippen LogP contribution in [0.2, 0.25) is 0 Å². The van der Waals surface area contributed by atoms with Gasteiger partial charge in [-0.3, -0.25) is 4.90 Å². The number of carbonyl (C=O) groups excluding carboxylic acids is 1. The number of carboxylic acids is 1. The quantitative estimate of drug-likeness (QED) is 0.713. The van der Waals surface area contributed by atoms with Crippen molar-refractivity contribution in [2.45, 2.75) is 19.3 Å². The summed E-state index contributed by atoms with van der Waals surface area (Å²) in [5, 5.41) is 20.8. The number of carbonyl (C=O) groups is 2. The van der Waals surface area contributed by atoms with Crippen LogP contribution < -0.4 is 10.2 Å². The van der Waals surface area contributed by atoms with Crippen molar-refractivity contribution in [1.82, 2.24) is 5.32 Å². The molecule has 6 nitrogen and oxygen atoms in total. The Morgan fingerprint density at radius 1 is 1.24 bits per heavy atom. The Balaban J connectivity index is 1.98. The molecule has 0 radical (unpaired) electrons. The summed E-state index contributed by atoms with van der Waals surface area (Å²) in [5.74, 6) is -0.268. The van der Waals surface area contributed by atoms with E-state index in [9.17, 15) is 9.59 Å². The number of nitrogens with zero attached hydrogens (tertiary/aromatic N) is 1. The van der Waals surface area contributed by atoms with Crippen LogP contribution in [0.4, 0.5) is 10.5 Å². The predicted octanol–water partition coefficient (Wildman–Crippen LogP) is 1.69.